The van der Waals surface area contributed by atoms with Crippen molar-refractivity contribution >= 4 is 13.8 Å². The molecule has 1 aliphatic rings. The minimum atomic E-state index is -4.90. The van der Waals surface area contributed by atoms with Crippen molar-refractivity contribution < 1.29 is 47.4 Å². The molecule has 0 bridgehead atoms. The molecule has 1 aliphatic heterocycles. The van der Waals surface area contributed by atoms with Crippen LogP contribution in [0.1, 0.15) is 27.0 Å². The van der Waals surface area contributed by atoms with E-state index in [0.717, 1.165) is 19.2 Å². The van der Waals surface area contributed by atoms with Gasteiger partial charge in [0.2, 0.25) is 6.79 Å². The van der Waals surface area contributed by atoms with Gasteiger partial charge in [-0.15, -0.1) is 0 Å². The molecule has 1 aromatic heterocycles. The maximum absolute atomic E-state index is 13.9. The van der Waals surface area contributed by atoms with Gasteiger partial charge in [0.05, 0.1) is 12.5 Å². The SMILES string of the molecule is CC(C)C(=O)OCOP(=O)(O)OCC1(CF)OC(n2ccc(=O)[nH]c2=O)C(C)(O)C1O. The quantitative estimate of drug-likeness (QED) is 0.201. The number of phosphoric acid groups is 1. The van der Waals surface area contributed by atoms with Gasteiger partial charge >= 0.3 is 19.5 Å². The Hall–Kier alpha value is -1.93. The van der Waals surface area contributed by atoms with E-state index in [1.807, 2.05) is 4.98 Å². The van der Waals surface area contributed by atoms with Gasteiger partial charge in [-0.2, -0.15) is 0 Å². The number of nitrogens with zero attached hydrogens (tertiary/aromatic N) is 1. The number of aliphatic hydroxyl groups excluding tert-OH is 1. The van der Waals surface area contributed by atoms with E-state index in [4.69, 9.17) is 4.74 Å². The topological polar surface area (TPSA) is 187 Å². The average molecular weight is 470 g/mol. The van der Waals surface area contributed by atoms with Gasteiger partial charge in [-0.05, 0) is 6.92 Å². The first-order chi connectivity index (χ1) is 14.3. The van der Waals surface area contributed by atoms with Gasteiger partial charge in [0.15, 0.2) is 11.8 Å². The van der Waals surface area contributed by atoms with E-state index >= 15 is 0 Å². The predicted octanol–water partition coefficient (Wildman–Crippen LogP) is -0.824. The van der Waals surface area contributed by atoms with Crippen LogP contribution in [-0.4, -0.2) is 68.0 Å². The van der Waals surface area contributed by atoms with Crippen molar-refractivity contribution in [3.63, 3.8) is 0 Å². The number of phosphoric ester groups is 1. The number of carbonyl (C=O) groups excluding carboxylic acids is 1. The molecule has 13 nitrogen and oxygen atoms in total. The first-order valence-corrected chi connectivity index (χ1v) is 10.5. The van der Waals surface area contributed by atoms with E-state index in [-0.39, 0.29) is 0 Å². The molecule has 1 aromatic rings. The molecule has 0 saturated carbocycles. The summed E-state index contributed by atoms with van der Waals surface area (Å²) in [5, 5.41) is 21.1. The van der Waals surface area contributed by atoms with Crippen LogP contribution in [0.25, 0.3) is 0 Å². The third-order valence-corrected chi connectivity index (χ3v) is 5.48. The molecule has 2 heterocycles. The summed E-state index contributed by atoms with van der Waals surface area (Å²) in [4.78, 5) is 46.2. The number of aliphatic hydroxyl groups is 2. The second kappa shape index (κ2) is 9.28. The van der Waals surface area contributed by atoms with Gasteiger partial charge in [0.25, 0.3) is 5.56 Å². The summed E-state index contributed by atoms with van der Waals surface area (Å²) in [5.74, 6) is -1.23. The highest BCUT2D eigenvalue weighted by molar-refractivity contribution is 7.47. The van der Waals surface area contributed by atoms with Crippen molar-refractivity contribution in [2.24, 2.45) is 5.92 Å². The molecule has 0 radical (unpaired) electrons. The van der Waals surface area contributed by atoms with E-state index in [2.05, 4.69) is 13.8 Å². The third-order valence-electron chi connectivity index (χ3n) is 4.59. The predicted molar refractivity (Wildman–Crippen MR) is 99.4 cm³/mol. The van der Waals surface area contributed by atoms with E-state index in [0.29, 0.717) is 4.57 Å². The molecule has 31 heavy (non-hydrogen) atoms. The number of hydrogen-bond acceptors (Lipinski definition) is 10. The van der Waals surface area contributed by atoms with Crippen LogP contribution < -0.4 is 11.2 Å². The molecule has 5 atom stereocenters. The molecule has 0 aromatic carbocycles. The zero-order chi connectivity index (χ0) is 23.6. The summed E-state index contributed by atoms with van der Waals surface area (Å²) in [7, 11) is -4.90. The summed E-state index contributed by atoms with van der Waals surface area (Å²) in [6.45, 7) is 0.582. The molecule has 0 spiro atoms. The largest absolute Gasteiger partial charge is 0.475 e. The van der Waals surface area contributed by atoms with Crippen LogP contribution in [0.2, 0.25) is 0 Å². The number of H-pyrrole nitrogens is 1. The number of aromatic nitrogens is 2. The number of ether oxygens (including phenoxy) is 2. The minimum absolute atomic E-state index is 0.519. The van der Waals surface area contributed by atoms with E-state index in [9.17, 15) is 38.4 Å². The van der Waals surface area contributed by atoms with Gasteiger partial charge < -0.3 is 24.6 Å². The molecule has 5 unspecified atom stereocenters. The monoisotopic (exact) mass is 470 g/mol. The first kappa shape index (κ1) is 25.3. The Morgan fingerprint density at radius 2 is 2.06 bits per heavy atom. The van der Waals surface area contributed by atoms with Crippen LogP contribution in [0.4, 0.5) is 4.39 Å². The second-order valence-corrected chi connectivity index (χ2v) is 8.87. The summed E-state index contributed by atoms with van der Waals surface area (Å²) >= 11 is 0. The molecule has 176 valence electrons. The minimum Gasteiger partial charge on any atom is -0.438 e. The number of halogens is 1. The van der Waals surface area contributed by atoms with E-state index in [1.165, 1.54) is 13.8 Å². The van der Waals surface area contributed by atoms with Crippen LogP contribution >= 0.6 is 7.82 Å². The summed E-state index contributed by atoms with van der Waals surface area (Å²) in [5.41, 5.74) is -6.40. The lowest BCUT2D eigenvalue weighted by Gasteiger charge is -2.31. The lowest BCUT2D eigenvalue weighted by molar-refractivity contribution is -0.156. The van der Waals surface area contributed by atoms with Gasteiger partial charge in [0.1, 0.15) is 18.4 Å². The van der Waals surface area contributed by atoms with Crippen molar-refractivity contribution in [1.29, 1.82) is 0 Å². The Kier molecular flexibility index (Phi) is 7.59. The summed E-state index contributed by atoms with van der Waals surface area (Å²) < 4.78 is 45.7. The van der Waals surface area contributed by atoms with Crippen LogP contribution in [0.15, 0.2) is 21.9 Å². The molecule has 2 rings (SSSR count). The highest BCUT2D eigenvalue weighted by atomic mass is 31.2. The fourth-order valence-electron chi connectivity index (χ4n) is 2.83. The molecule has 1 fully saturated rings. The number of hydrogen-bond donors (Lipinski definition) is 4. The molecule has 0 aliphatic carbocycles. The van der Waals surface area contributed by atoms with Gasteiger partial charge in [-0.3, -0.25) is 23.7 Å². The fraction of sp³-hybridized carbons (Fsp3) is 0.688. The smallest absolute Gasteiger partial charge is 0.438 e. The van der Waals surface area contributed by atoms with Crippen molar-refractivity contribution in [3.8, 4) is 0 Å². The highest BCUT2D eigenvalue weighted by Gasteiger charge is 2.62. The lowest BCUT2D eigenvalue weighted by Crippen LogP contribution is -2.53. The Morgan fingerprint density at radius 3 is 2.61 bits per heavy atom. The van der Waals surface area contributed by atoms with Gasteiger partial charge in [0, 0.05) is 12.3 Å². The molecule has 0 amide bonds. The van der Waals surface area contributed by atoms with Gasteiger partial charge in [-0.1, -0.05) is 13.8 Å². The molecule has 4 N–H and O–H groups in total. The summed E-state index contributed by atoms with van der Waals surface area (Å²) in [6, 6.07) is 0.938. The van der Waals surface area contributed by atoms with Crippen molar-refractivity contribution in [2.75, 3.05) is 20.1 Å². The number of aromatic amines is 1. The molecule has 1 saturated heterocycles. The molecule has 15 heteroatoms. The fourth-order valence-corrected chi connectivity index (χ4v) is 3.47. The van der Waals surface area contributed by atoms with E-state index < -0.39 is 74.6 Å². The third kappa shape index (κ3) is 5.47. The van der Waals surface area contributed by atoms with Crippen LogP contribution in [-0.2, 0) is 27.9 Å². The van der Waals surface area contributed by atoms with Crippen LogP contribution in [0.3, 0.4) is 0 Å². The van der Waals surface area contributed by atoms with Crippen molar-refractivity contribution in [2.45, 2.75) is 44.3 Å². The number of esters is 1. The Morgan fingerprint density at radius 1 is 1.42 bits per heavy atom. The maximum Gasteiger partial charge on any atom is 0.475 e. The summed E-state index contributed by atoms with van der Waals surface area (Å²) in [6.07, 6.45) is -2.75. The number of carbonyl (C=O) groups is 1. The highest BCUT2D eigenvalue weighted by Crippen LogP contribution is 2.49. The Bertz CT molecular complexity index is 961. The first-order valence-electron chi connectivity index (χ1n) is 9.00. The van der Waals surface area contributed by atoms with Crippen molar-refractivity contribution in [1.82, 2.24) is 9.55 Å². The Balaban J connectivity index is 2.16. The number of nitrogens with one attached hydrogen (secondary N) is 1. The normalized spacial score (nSPS) is 30.3. The van der Waals surface area contributed by atoms with Gasteiger partial charge in [-0.25, -0.2) is 18.3 Å². The number of rotatable bonds is 9. The maximum atomic E-state index is 13.9. The second-order valence-electron chi connectivity index (χ2n) is 7.42. The lowest BCUT2D eigenvalue weighted by atomic mass is 9.88. The Labute approximate surface area is 174 Å². The zero-order valence-electron chi connectivity index (χ0n) is 16.9. The van der Waals surface area contributed by atoms with Crippen molar-refractivity contribution in [3.05, 3.63) is 33.1 Å². The molecular weight excluding hydrogens is 446 g/mol. The standard InChI is InChI=1S/C16H24FN2O11P/c1-9(2)11(21)27-8-29-31(25,26)28-7-16(6-17)12(22)15(3,24)13(30-16)19-5-4-10(20)18-14(19)23/h4-5,9,12-13,22,24H,6-8H2,1-3H3,(H,25,26)(H,18,20,23). The van der Waals surface area contributed by atoms with Crippen LogP contribution in [0.5, 0.6) is 0 Å². The zero-order valence-corrected chi connectivity index (χ0v) is 17.8. The number of alkyl halides is 1. The van der Waals surface area contributed by atoms with Crippen LogP contribution in [0, 0.1) is 5.92 Å². The van der Waals surface area contributed by atoms with E-state index in [1.54, 1.807) is 0 Å². The average Bonchev–Trinajstić information content (AvgIpc) is 2.87. The molecular formula is C16H24FN2O11P.